The molecule has 0 spiro atoms. The van der Waals surface area contributed by atoms with Crippen molar-refractivity contribution in [2.24, 2.45) is 0 Å². The number of β-amino-alcohol motifs (C(OH)–C–C–N with tert-alkyl or cyclic N) is 1. The average Bonchev–Trinajstić information content (AvgIpc) is 2.68. The van der Waals surface area contributed by atoms with Crippen LogP contribution >= 0.6 is 23.4 Å². The van der Waals surface area contributed by atoms with Gasteiger partial charge >= 0.3 is 0 Å². The standard InChI is InChI=1S/C21H29ClN2O3S/c1-5-6-7-19(26-3)14(2)28-16-10-8-15(17(22)12-16)9-11-18-21(27-4)23-13-20(25)24-18/h5-8,10,12,18,20-21,23-25H,2,9,11,13H2,1,3-4H3/b6-5-,19-7+/t18-,20?,21+/m0/s1. The lowest BCUT2D eigenvalue weighted by molar-refractivity contribution is -0.0264. The average molecular weight is 425 g/mol. The molecule has 2 rings (SSSR count). The molecule has 1 heterocycles. The smallest absolute Gasteiger partial charge is 0.132 e. The Morgan fingerprint density at radius 3 is 2.86 bits per heavy atom. The minimum absolute atomic E-state index is 0.0136. The molecule has 1 aromatic carbocycles. The van der Waals surface area contributed by atoms with E-state index in [2.05, 4.69) is 17.2 Å². The van der Waals surface area contributed by atoms with Gasteiger partial charge in [-0.25, -0.2) is 0 Å². The van der Waals surface area contributed by atoms with Crippen molar-refractivity contribution in [1.82, 2.24) is 10.6 Å². The van der Waals surface area contributed by atoms with Crippen molar-refractivity contribution in [3.05, 3.63) is 64.3 Å². The van der Waals surface area contributed by atoms with E-state index in [9.17, 15) is 5.11 Å². The molecule has 1 unspecified atom stereocenters. The second-order valence-electron chi connectivity index (χ2n) is 6.43. The third kappa shape index (κ3) is 6.65. The third-order valence-electron chi connectivity index (χ3n) is 4.46. The van der Waals surface area contributed by atoms with Crippen molar-refractivity contribution >= 4 is 23.4 Å². The Labute approximate surface area is 176 Å². The molecule has 1 aliphatic heterocycles. The van der Waals surface area contributed by atoms with Crippen molar-refractivity contribution < 1.29 is 14.6 Å². The van der Waals surface area contributed by atoms with Gasteiger partial charge in [0.2, 0.25) is 0 Å². The number of benzene rings is 1. The van der Waals surface area contributed by atoms with E-state index in [-0.39, 0.29) is 12.3 Å². The lowest BCUT2D eigenvalue weighted by Crippen LogP contribution is -2.61. The van der Waals surface area contributed by atoms with Crippen LogP contribution in [0.2, 0.25) is 5.02 Å². The molecule has 28 heavy (non-hydrogen) atoms. The lowest BCUT2D eigenvalue weighted by atomic mass is 10.0. The third-order valence-corrected chi connectivity index (χ3v) is 5.75. The van der Waals surface area contributed by atoms with Gasteiger partial charge in [-0.1, -0.05) is 48.2 Å². The van der Waals surface area contributed by atoms with Gasteiger partial charge < -0.3 is 14.6 Å². The molecule has 3 N–H and O–H groups in total. The fourth-order valence-electron chi connectivity index (χ4n) is 3.00. The van der Waals surface area contributed by atoms with Crippen LogP contribution in [0.5, 0.6) is 0 Å². The first-order chi connectivity index (χ1) is 13.5. The van der Waals surface area contributed by atoms with Crippen molar-refractivity contribution in [3.63, 3.8) is 0 Å². The number of thioether (sulfide) groups is 1. The second-order valence-corrected chi connectivity index (χ2v) is 8.01. The summed E-state index contributed by atoms with van der Waals surface area (Å²) in [7, 11) is 3.30. The predicted molar refractivity (Wildman–Crippen MR) is 116 cm³/mol. The zero-order valence-corrected chi connectivity index (χ0v) is 18.1. The van der Waals surface area contributed by atoms with E-state index in [1.54, 1.807) is 14.2 Å². The Morgan fingerprint density at radius 2 is 2.21 bits per heavy atom. The number of aliphatic hydroxyl groups excluding tert-OH is 1. The Bertz CT molecular complexity index is 724. The molecular weight excluding hydrogens is 396 g/mol. The Balaban J connectivity index is 1.99. The van der Waals surface area contributed by atoms with Crippen molar-refractivity contribution in [1.29, 1.82) is 0 Å². The molecule has 0 saturated carbocycles. The zero-order chi connectivity index (χ0) is 20.5. The highest BCUT2D eigenvalue weighted by atomic mass is 35.5. The van der Waals surface area contributed by atoms with E-state index < -0.39 is 6.23 Å². The van der Waals surface area contributed by atoms with Gasteiger partial charge in [0.25, 0.3) is 0 Å². The van der Waals surface area contributed by atoms with Crippen LogP contribution in [-0.2, 0) is 15.9 Å². The fraction of sp³-hybridized carbons (Fsp3) is 0.429. The van der Waals surface area contributed by atoms with Gasteiger partial charge in [-0.3, -0.25) is 10.6 Å². The maximum atomic E-state index is 9.80. The zero-order valence-electron chi connectivity index (χ0n) is 16.6. The topological polar surface area (TPSA) is 62.8 Å². The molecule has 1 fully saturated rings. The summed E-state index contributed by atoms with van der Waals surface area (Å²) in [5, 5.41) is 16.9. The van der Waals surface area contributed by atoms with Crippen LogP contribution in [0.25, 0.3) is 0 Å². The number of allylic oxidation sites excluding steroid dienone is 3. The summed E-state index contributed by atoms with van der Waals surface area (Å²) in [5.74, 6) is 0.725. The van der Waals surface area contributed by atoms with Crippen LogP contribution in [-0.4, -0.2) is 44.4 Å². The van der Waals surface area contributed by atoms with Crippen molar-refractivity contribution in [2.45, 2.75) is 43.2 Å². The summed E-state index contributed by atoms with van der Waals surface area (Å²) in [4.78, 5) is 1.82. The molecule has 0 radical (unpaired) electrons. The molecule has 1 aromatic rings. The first-order valence-corrected chi connectivity index (χ1v) is 10.4. The van der Waals surface area contributed by atoms with E-state index in [0.29, 0.717) is 11.6 Å². The number of aryl methyl sites for hydroxylation is 1. The molecule has 5 nitrogen and oxygen atoms in total. The predicted octanol–water partition coefficient (Wildman–Crippen LogP) is 3.84. The van der Waals surface area contributed by atoms with Crippen LogP contribution in [0.1, 0.15) is 18.9 Å². The number of ether oxygens (including phenoxy) is 2. The van der Waals surface area contributed by atoms with Gasteiger partial charge in [0.05, 0.1) is 7.11 Å². The summed E-state index contributed by atoms with van der Waals surface area (Å²) >= 11 is 8.03. The van der Waals surface area contributed by atoms with Crippen molar-refractivity contribution in [3.8, 4) is 0 Å². The van der Waals surface area contributed by atoms with E-state index in [4.69, 9.17) is 21.1 Å². The molecule has 0 amide bonds. The van der Waals surface area contributed by atoms with E-state index in [1.165, 1.54) is 11.8 Å². The van der Waals surface area contributed by atoms with Gasteiger partial charge in [-0.15, -0.1) is 0 Å². The maximum Gasteiger partial charge on any atom is 0.132 e. The lowest BCUT2D eigenvalue weighted by Gasteiger charge is -2.35. The molecule has 7 heteroatoms. The van der Waals surface area contributed by atoms with Crippen LogP contribution in [0, 0.1) is 0 Å². The Morgan fingerprint density at radius 1 is 1.43 bits per heavy atom. The Kier molecular flexibility index (Phi) is 9.58. The van der Waals surface area contributed by atoms with Gasteiger partial charge in [0.15, 0.2) is 0 Å². The molecule has 1 saturated heterocycles. The maximum absolute atomic E-state index is 9.80. The first kappa shape index (κ1) is 23.0. The van der Waals surface area contributed by atoms with Crippen LogP contribution < -0.4 is 10.6 Å². The minimum Gasteiger partial charge on any atom is -0.496 e. The number of hydrogen-bond donors (Lipinski definition) is 3. The van der Waals surface area contributed by atoms with Gasteiger partial charge in [0, 0.05) is 34.5 Å². The highest BCUT2D eigenvalue weighted by molar-refractivity contribution is 8.03. The number of hydrogen-bond acceptors (Lipinski definition) is 6. The number of methoxy groups -OCH3 is 2. The molecule has 0 aromatic heterocycles. The molecule has 154 valence electrons. The van der Waals surface area contributed by atoms with Crippen LogP contribution in [0.4, 0.5) is 0 Å². The van der Waals surface area contributed by atoms with Gasteiger partial charge in [0.1, 0.15) is 18.2 Å². The minimum atomic E-state index is -0.567. The molecule has 3 atom stereocenters. The summed E-state index contributed by atoms with van der Waals surface area (Å²) in [6.45, 7) is 6.51. The van der Waals surface area contributed by atoms with E-state index >= 15 is 0 Å². The quantitative estimate of drug-likeness (QED) is 0.318. The summed E-state index contributed by atoms with van der Waals surface area (Å²) < 4.78 is 10.8. The molecule has 0 aliphatic carbocycles. The second kappa shape index (κ2) is 11.7. The number of aliphatic hydroxyl groups is 1. The van der Waals surface area contributed by atoms with Gasteiger partial charge in [-0.2, -0.15) is 0 Å². The number of nitrogens with one attached hydrogen (secondary N) is 2. The highest BCUT2D eigenvalue weighted by Crippen LogP contribution is 2.33. The summed E-state index contributed by atoms with van der Waals surface area (Å²) in [6, 6.07) is 6.04. The highest BCUT2D eigenvalue weighted by Gasteiger charge is 2.28. The number of halogens is 1. The monoisotopic (exact) mass is 424 g/mol. The van der Waals surface area contributed by atoms with Crippen LogP contribution in [0.3, 0.4) is 0 Å². The SMILES string of the molecule is C=C(Sc1ccc(CC[C@@H]2NC(O)CN[C@@H]2OC)c(Cl)c1)/C(=C\C=C/C)OC. The first-order valence-electron chi connectivity index (χ1n) is 9.21. The Hall–Kier alpha value is -1.28. The van der Waals surface area contributed by atoms with E-state index in [1.807, 2.05) is 43.4 Å². The van der Waals surface area contributed by atoms with Gasteiger partial charge in [-0.05, 0) is 43.5 Å². The molecule has 1 aliphatic rings. The summed E-state index contributed by atoms with van der Waals surface area (Å²) in [6.07, 6.45) is 6.62. The summed E-state index contributed by atoms with van der Waals surface area (Å²) in [5.41, 5.74) is 1.06. The number of rotatable bonds is 9. The largest absolute Gasteiger partial charge is 0.496 e. The van der Waals surface area contributed by atoms with Crippen molar-refractivity contribution in [2.75, 3.05) is 20.8 Å². The van der Waals surface area contributed by atoms with E-state index in [0.717, 1.165) is 34.0 Å². The van der Waals surface area contributed by atoms with Crippen LogP contribution in [0.15, 0.2) is 58.6 Å². The molecular formula is C21H29ClN2O3S. The normalized spacial score (nSPS) is 23.2. The fourth-order valence-corrected chi connectivity index (χ4v) is 4.19. The number of piperazine rings is 1. The molecule has 0 bridgehead atoms.